The maximum Gasteiger partial charge on any atom is 0.338 e. The Balaban J connectivity index is 0.000000351. The van der Waals surface area contributed by atoms with Gasteiger partial charge in [-0.25, -0.2) is 19.2 Å². The second-order valence-corrected chi connectivity index (χ2v) is 3.23. The lowest BCUT2D eigenvalue weighted by Gasteiger charge is -2.02. The number of ether oxygens (including phenoxy) is 2. The first-order valence-electron chi connectivity index (χ1n) is 4.86. The number of carbonyl (C=O) groups excluding carboxylic acids is 3. The third-order valence-corrected chi connectivity index (χ3v) is 1.27. The predicted octanol–water partition coefficient (Wildman–Crippen LogP) is 0.205. The van der Waals surface area contributed by atoms with Crippen LogP contribution in [0.5, 0.6) is 0 Å². The van der Waals surface area contributed by atoms with E-state index in [-0.39, 0.29) is 6.10 Å². The highest BCUT2D eigenvalue weighted by molar-refractivity contribution is 6.04. The zero-order valence-electron chi connectivity index (χ0n) is 9.78. The van der Waals surface area contributed by atoms with Crippen molar-refractivity contribution in [2.75, 3.05) is 0 Å². The largest absolute Gasteiger partial charge is 0.478 e. The fourth-order valence-electron chi connectivity index (χ4n) is 0.714. The fourth-order valence-corrected chi connectivity index (χ4v) is 0.714. The standard InChI is InChI=1S/C7H10O4.C4H2O3/c1-5(2)11-7(10)4-3-6(8)9;5-3-1-2-4(6)7-3/h3-5H,1-2H3,(H,8,9);1-2H. The second-order valence-electron chi connectivity index (χ2n) is 3.23. The number of carboxylic acid groups (broad SMARTS) is 1. The number of esters is 3. The van der Waals surface area contributed by atoms with Crippen molar-refractivity contribution >= 4 is 23.9 Å². The molecule has 7 heteroatoms. The van der Waals surface area contributed by atoms with Gasteiger partial charge in [0.05, 0.1) is 6.10 Å². The van der Waals surface area contributed by atoms with Crippen LogP contribution in [0.1, 0.15) is 13.8 Å². The van der Waals surface area contributed by atoms with Gasteiger partial charge in [0.1, 0.15) is 0 Å². The Morgan fingerprint density at radius 3 is 2.00 bits per heavy atom. The summed E-state index contributed by atoms with van der Waals surface area (Å²) in [6.07, 6.45) is 3.57. The Labute approximate surface area is 103 Å². The van der Waals surface area contributed by atoms with Crippen molar-refractivity contribution in [3.8, 4) is 0 Å². The summed E-state index contributed by atoms with van der Waals surface area (Å²) in [6, 6.07) is 0. The minimum absolute atomic E-state index is 0.221. The first kappa shape index (κ1) is 15.6. The Hall–Kier alpha value is -2.44. The van der Waals surface area contributed by atoms with Gasteiger partial charge >= 0.3 is 23.9 Å². The normalized spacial score (nSPS) is 13.3. The van der Waals surface area contributed by atoms with E-state index < -0.39 is 23.9 Å². The lowest BCUT2D eigenvalue weighted by molar-refractivity contribution is -0.150. The van der Waals surface area contributed by atoms with Crippen LogP contribution in [0.2, 0.25) is 0 Å². The number of cyclic esters (lactones) is 2. The van der Waals surface area contributed by atoms with Crippen LogP contribution in [-0.2, 0) is 28.7 Å². The van der Waals surface area contributed by atoms with Crippen LogP contribution in [0, 0.1) is 0 Å². The van der Waals surface area contributed by atoms with Crippen LogP contribution in [-0.4, -0.2) is 35.1 Å². The number of carbonyl (C=O) groups is 4. The summed E-state index contributed by atoms with van der Waals surface area (Å²) in [5.74, 6) is -2.96. The number of hydrogen-bond donors (Lipinski definition) is 1. The van der Waals surface area contributed by atoms with Crippen molar-refractivity contribution in [1.29, 1.82) is 0 Å². The lowest BCUT2D eigenvalue weighted by atomic mass is 10.4. The molecule has 0 radical (unpaired) electrons. The van der Waals surface area contributed by atoms with Crippen LogP contribution in [0.4, 0.5) is 0 Å². The molecule has 0 unspecified atom stereocenters. The molecule has 0 atom stereocenters. The molecule has 0 aromatic heterocycles. The van der Waals surface area contributed by atoms with E-state index in [1.54, 1.807) is 13.8 Å². The zero-order chi connectivity index (χ0) is 14.1. The van der Waals surface area contributed by atoms with Crippen LogP contribution in [0.25, 0.3) is 0 Å². The van der Waals surface area contributed by atoms with Gasteiger partial charge in [0.15, 0.2) is 0 Å². The van der Waals surface area contributed by atoms with E-state index in [1.807, 2.05) is 0 Å². The molecular weight excluding hydrogens is 244 g/mol. The molecule has 0 bridgehead atoms. The molecule has 0 saturated heterocycles. The molecule has 7 nitrogen and oxygen atoms in total. The van der Waals surface area contributed by atoms with Crippen molar-refractivity contribution in [1.82, 2.24) is 0 Å². The average Bonchev–Trinajstić information content (AvgIpc) is 2.59. The fraction of sp³-hybridized carbons (Fsp3) is 0.273. The van der Waals surface area contributed by atoms with Crippen molar-refractivity contribution in [2.45, 2.75) is 20.0 Å². The van der Waals surface area contributed by atoms with Crippen LogP contribution in [0.15, 0.2) is 24.3 Å². The van der Waals surface area contributed by atoms with Gasteiger partial charge in [0.25, 0.3) is 0 Å². The van der Waals surface area contributed by atoms with Gasteiger partial charge < -0.3 is 14.6 Å². The number of rotatable bonds is 3. The summed E-state index contributed by atoms with van der Waals surface area (Å²) >= 11 is 0. The van der Waals surface area contributed by atoms with E-state index in [0.29, 0.717) is 0 Å². The van der Waals surface area contributed by atoms with Crippen molar-refractivity contribution in [3.05, 3.63) is 24.3 Å². The average molecular weight is 256 g/mol. The molecule has 98 valence electrons. The summed E-state index contributed by atoms with van der Waals surface area (Å²) in [7, 11) is 0. The first-order chi connectivity index (χ1) is 8.31. The molecule has 1 N–H and O–H groups in total. The molecular formula is C11H12O7. The third-order valence-electron chi connectivity index (χ3n) is 1.27. The molecule has 1 aliphatic heterocycles. The summed E-state index contributed by atoms with van der Waals surface area (Å²) in [5.41, 5.74) is 0. The van der Waals surface area contributed by atoms with Gasteiger partial charge in [-0.15, -0.1) is 0 Å². The summed E-state index contributed by atoms with van der Waals surface area (Å²) in [6.45, 7) is 3.37. The minimum atomic E-state index is -1.16. The molecule has 0 aromatic carbocycles. The van der Waals surface area contributed by atoms with Gasteiger partial charge in [-0.3, -0.25) is 0 Å². The van der Waals surface area contributed by atoms with Crippen LogP contribution >= 0.6 is 0 Å². The van der Waals surface area contributed by atoms with Gasteiger partial charge in [0.2, 0.25) is 0 Å². The highest BCUT2D eigenvalue weighted by Crippen LogP contribution is 1.92. The summed E-state index contributed by atoms with van der Waals surface area (Å²) in [4.78, 5) is 40.3. The van der Waals surface area contributed by atoms with E-state index in [2.05, 4.69) is 9.47 Å². The maximum atomic E-state index is 10.6. The molecule has 1 rings (SSSR count). The van der Waals surface area contributed by atoms with E-state index in [9.17, 15) is 19.2 Å². The highest BCUT2D eigenvalue weighted by atomic mass is 16.6. The van der Waals surface area contributed by atoms with Gasteiger partial charge in [-0.2, -0.15) is 0 Å². The van der Waals surface area contributed by atoms with Crippen molar-refractivity contribution in [3.63, 3.8) is 0 Å². The third kappa shape index (κ3) is 8.84. The smallest absolute Gasteiger partial charge is 0.338 e. The molecule has 0 saturated carbocycles. The molecule has 0 spiro atoms. The maximum absolute atomic E-state index is 10.6. The molecule has 0 fully saturated rings. The Morgan fingerprint density at radius 1 is 1.22 bits per heavy atom. The summed E-state index contributed by atoms with van der Waals surface area (Å²) < 4.78 is 8.58. The number of hydrogen-bond acceptors (Lipinski definition) is 6. The Morgan fingerprint density at radius 2 is 1.72 bits per heavy atom. The topological polar surface area (TPSA) is 107 Å². The van der Waals surface area contributed by atoms with E-state index in [1.165, 1.54) is 0 Å². The zero-order valence-corrected chi connectivity index (χ0v) is 9.78. The lowest BCUT2D eigenvalue weighted by Crippen LogP contribution is -2.08. The van der Waals surface area contributed by atoms with Crippen LogP contribution in [0.3, 0.4) is 0 Å². The quantitative estimate of drug-likeness (QED) is 0.436. The van der Waals surface area contributed by atoms with E-state index in [0.717, 1.165) is 24.3 Å². The first-order valence-corrected chi connectivity index (χ1v) is 4.86. The second kappa shape index (κ2) is 7.77. The van der Waals surface area contributed by atoms with E-state index in [4.69, 9.17) is 5.11 Å². The van der Waals surface area contributed by atoms with E-state index >= 15 is 0 Å². The highest BCUT2D eigenvalue weighted by Gasteiger charge is 2.10. The SMILES string of the molecule is CC(C)OC(=O)C=CC(=O)O.O=C1C=CC(=O)O1. The molecule has 0 amide bonds. The van der Waals surface area contributed by atoms with Gasteiger partial charge in [-0.1, -0.05) is 0 Å². The van der Waals surface area contributed by atoms with Crippen LogP contribution < -0.4 is 0 Å². The molecule has 1 aliphatic rings. The number of aliphatic carboxylic acids is 1. The Bertz CT molecular complexity index is 388. The van der Waals surface area contributed by atoms with Gasteiger partial charge in [-0.05, 0) is 13.8 Å². The van der Waals surface area contributed by atoms with Crippen molar-refractivity contribution in [2.24, 2.45) is 0 Å². The monoisotopic (exact) mass is 256 g/mol. The number of carboxylic acids is 1. The van der Waals surface area contributed by atoms with Gasteiger partial charge in [0, 0.05) is 24.3 Å². The molecule has 18 heavy (non-hydrogen) atoms. The molecule has 0 aliphatic carbocycles. The predicted molar refractivity (Wildman–Crippen MR) is 58.2 cm³/mol. The molecule has 0 aromatic rings. The summed E-state index contributed by atoms with van der Waals surface area (Å²) in [5, 5.41) is 8.10. The minimum Gasteiger partial charge on any atom is -0.478 e. The van der Waals surface area contributed by atoms with Crippen molar-refractivity contribution < 1.29 is 33.8 Å². The Kier molecular flexibility index (Phi) is 6.72. The molecule has 1 heterocycles.